The Bertz CT molecular complexity index is 1070. The van der Waals surface area contributed by atoms with Crippen LogP contribution in [0.3, 0.4) is 0 Å². The summed E-state index contributed by atoms with van der Waals surface area (Å²) >= 11 is 1.65. The minimum absolute atomic E-state index is 0.110. The van der Waals surface area contributed by atoms with Crippen molar-refractivity contribution < 1.29 is 8.78 Å². The molecule has 0 aliphatic carbocycles. The first-order valence-corrected chi connectivity index (χ1v) is 10.5. The quantitative estimate of drug-likeness (QED) is 0.503. The van der Waals surface area contributed by atoms with Crippen LogP contribution in [0.1, 0.15) is 24.5 Å². The smallest absolute Gasteiger partial charge is 0.278 e. The number of nitrogens with zero attached hydrogens (tertiary/aromatic N) is 5. The molecule has 29 heavy (non-hydrogen) atoms. The van der Waals surface area contributed by atoms with E-state index in [1.807, 2.05) is 41.4 Å². The summed E-state index contributed by atoms with van der Waals surface area (Å²) in [6, 6.07) is 14.2. The van der Waals surface area contributed by atoms with Crippen LogP contribution in [0, 0.1) is 0 Å². The second-order valence-electron chi connectivity index (χ2n) is 6.74. The van der Waals surface area contributed by atoms with Gasteiger partial charge >= 0.3 is 0 Å². The molecule has 3 aromatic rings. The molecule has 0 fully saturated rings. The van der Waals surface area contributed by atoms with Gasteiger partial charge in [-0.15, -0.1) is 0 Å². The first-order valence-electron chi connectivity index (χ1n) is 9.37. The standard InChI is InChI=1S/C21H21F2N5S/c1-3-27-20-10-17(9-8-16(20)12-24-27)28(29-2)13-14-4-6-15(7-5-14)18-11-19(21(22)23)26-25-18/h4-10,12,21H,3,11,13H2,1-2H3. The van der Waals surface area contributed by atoms with Gasteiger partial charge in [-0.1, -0.05) is 36.2 Å². The molecule has 0 spiro atoms. The Balaban J connectivity index is 1.49. The number of aromatic nitrogens is 2. The molecule has 0 atom stereocenters. The van der Waals surface area contributed by atoms with Crippen LogP contribution in [0.2, 0.25) is 0 Å². The van der Waals surface area contributed by atoms with Crippen molar-refractivity contribution in [2.75, 3.05) is 10.6 Å². The van der Waals surface area contributed by atoms with Gasteiger partial charge in [0.2, 0.25) is 0 Å². The van der Waals surface area contributed by atoms with Gasteiger partial charge in [0.1, 0.15) is 5.71 Å². The van der Waals surface area contributed by atoms with Gasteiger partial charge in [-0.2, -0.15) is 15.3 Å². The molecule has 2 heterocycles. The van der Waals surface area contributed by atoms with E-state index < -0.39 is 6.43 Å². The van der Waals surface area contributed by atoms with E-state index in [0.717, 1.165) is 40.8 Å². The molecular formula is C21H21F2N5S. The number of aryl methyl sites for hydroxylation is 1. The Morgan fingerprint density at radius 1 is 1.14 bits per heavy atom. The Kier molecular flexibility index (Phi) is 5.62. The molecule has 0 amide bonds. The lowest BCUT2D eigenvalue weighted by Crippen LogP contribution is -2.14. The summed E-state index contributed by atoms with van der Waals surface area (Å²) in [6.45, 7) is 3.63. The average molecular weight is 413 g/mol. The third-order valence-electron chi connectivity index (χ3n) is 4.95. The van der Waals surface area contributed by atoms with Gasteiger partial charge in [0.25, 0.3) is 6.43 Å². The first-order chi connectivity index (χ1) is 14.1. The van der Waals surface area contributed by atoms with Crippen molar-refractivity contribution in [1.82, 2.24) is 9.78 Å². The van der Waals surface area contributed by atoms with Crippen LogP contribution in [0.4, 0.5) is 14.5 Å². The predicted octanol–water partition coefficient (Wildman–Crippen LogP) is 5.15. The van der Waals surface area contributed by atoms with Crippen LogP contribution < -0.4 is 4.31 Å². The van der Waals surface area contributed by atoms with Crippen LogP contribution in [-0.4, -0.2) is 33.9 Å². The molecule has 0 unspecified atom stereocenters. The van der Waals surface area contributed by atoms with Gasteiger partial charge in [-0.3, -0.25) is 4.68 Å². The highest BCUT2D eigenvalue weighted by molar-refractivity contribution is 7.99. The molecule has 150 valence electrons. The van der Waals surface area contributed by atoms with E-state index in [2.05, 4.69) is 44.7 Å². The van der Waals surface area contributed by atoms with Crippen LogP contribution in [0.25, 0.3) is 10.9 Å². The number of hydrogen-bond donors (Lipinski definition) is 0. The topological polar surface area (TPSA) is 45.8 Å². The molecule has 1 aliphatic heterocycles. The Morgan fingerprint density at radius 3 is 2.59 bits per heavy atom. The summed E-state index contributed by atoms with van der Waals surface area (Å²) in [5.41, 5.74) is 4.61. The summed E-state index contributed by atoms with van der Waals surface area (Å²) in [6.07, 6.45) is 1.50. The lowest BCUT2D eigenvalue weighted by atomic mass is 10.0. The van der Waals surface area contributed by atoms with E-state index in [4.69, 9.17) is 0 Å². The van der Waals surface area contributed by atoms with E-state index in [1.54, 1.807) is 11.9 Å². The number of hydrogen-bond acceptors (Lipinski definition) is 5. The van der Waals surface area contributed by atoms with E-state index in [-0.39, 0.29) is 12.1 Å². The molecular weight excluding hydrogens is 392 g/mol. The maximum Gasteiger partial charge on any atom is 0.278 e. The van der Waals surface area contributed by atoms with E-state index in [1.165, 1.54) is 0 Å². The molecule has 2 aromatic carbocycles. The number of alkyl halides is 2. The Hall–Kier alpha value is -2.74. The largest absolute Gasteiger partial charge is 0.312 e. The van der Waals surface area contributed by atoms with E-state index >= 15 is 0 Å². The zero-order chi connectivity index (χ0) is 20.4. The minimum atomic E-state index is -2.55. The first kappa shape index (κ1) is 19.6. The number of anilines is 1. The summed E-state index contributed by atoms with van der Waals surface area (Å²) in [7, 11) is 0. The lowest BCUT2D eigenvalue weighted by molar-refractivity contribution is 0.224. The molecule has 0 N–H and O–H groups in total. The third-order valence-corrected chi connectivity index (χ3v) is 5.73. The number of benzene rings is 2. The van der Waals surface area contributed by atoms with Crippen molar-refractivity contribution in [2.24, 2.45) is 10.2 Å². The van der Waals surface area contributed by atoms with Crippen LogP contribution in [0.15, 0.2) is 58.9 Å². The van der Waals surface area contributed by atoms with Crippen molar-refractivity contribution >= 4 is 40.0 Å². The number of fused-ring (bicyclic) bond motifs is 1. The molecule has 1 aliphatic rings. The molecule has 0 radical (unpaired) electrons. The zero-order valence-electron chi connectivity index (χ0n) is 16.2. The van der Waals surface area contributed by atoms with Gasteiger partial charge in [0, 0.05) is 30.3 Å². The fourth-order valence-corrected chi connectivity index (χ4v) is 3.95. The molecule has 0 saturated heterocycles. The monoisotopic (exact) mass is 413 g/mol. The van der Waals surface area contributed by atoms with Crippen molar-refractivity contribution in [3.63, 3.8) is 0 Å². The third kappa shape index (κ3) is 4.03. The SMILES string of the molecule is CCn1ncc2ccc(N(Cc3ccc(C4=NN=C(C(F)F)C4)cc3)SC)cc21. The van der Waals surface area contributed by atoms with Crippen molar-refractivity contribution in [2.45, 2.75) is 32.9 Å². The fourth-order valence-electron chi connectivity index (χ4n) is 3.34. The molecule has 1 aromatic heterocycles. The second kappa shape index (κ2) is 8.32. The molecule has 5 nitrogen and oxygen atoms in total. The fraction of sp³-hybridized carbons (Fsp3) is 0.286. The normalized spacial score (nSPS) is 13.8. The van der Waals surface area contributed by atoms with Crippen LogP contribution >= 0.6 is 11.9 Å². The highest BCUT2D eigenvalue weighted by Crippen LogP contribution is 2.28. The van der Waals surface area contributed by atoms with Gasteiger partial charge in [-0.25, -0.2) is 8.78 Å². The predicted molar refractivity (Wildman–Crippen MR) is 116 cm³/mol. The maximum atomic E-state index is 12.7. The van der Waals surface area contributed by atoms with Gasteiger partial charge in [0.15, 0.2) is 0 Å². The van der Waals surface area contributed by atoms with Gasteiger partial charge in [0.05, 0.1) is 24.0 Å². The summed E-state index contributed by atoms with van der Waals surface area (Å²) in [4.78, 5) is 0. The molecule has 8 heteroatoms. The highest BCUT2D eigenvalue weighted by Gasteiger charge is 2.21. The second-order valence-corrected chi connectivity index (χ2v) is 7.54. The van der Waals surface area contributed by atoms with Crippen LogP contribution in [0.5, 0.6) is 0 Å². The summed E-state index contributed by atoms with van der Waals surface area (Å²) < 4.78 is 29.7. The maximum absolute atomic E-state index is 12.7. The number of rotatable bonds is 7. The Labute approximate surface area is 172 Å². The molecule has 4 rings (SSSR count). The van der Waals surface area contributed by atoms with Gasteiger partial charge < -0.3 is 4.31 Å². The van der Waals surface area contributed by atoms with Crippen molar-refractivity contribution in [1.29, 1.82) is 0 Å². The van der Waals surface area contributed by atoms with Crippen molar-refractivity contribution in [3.05, 3.63) is 59.8 Å². The minimum Gasteiger partial charge on any atom is -0.312 e. The summed E-state index contributed by atoms with van der Waals surface area (Å²) in [5, 5.41) is 13.0. The van der Waals surface area contributed by atoms with Gasteiger partial charge in [-0.05, 0) is 36.2 Å². The van der Waals surface area contributed by atoms with Crippen molar-refractivity contribution in [3.8, 4) is 0 Å². The highest BCUT2D eigenvalue weighted by atomic mass is 32.2. The zero-order valence-corrected chi connectivity index (χ0v) is 17.0. The van der Waals surface area contributed by atoms with Crippen LogP contribution in [-0.2, 0) is 13.1 Å². The Morgan fingerprint density at radius 2 is 1.93 bits per heavy atom. The average Bonchev–Trinajstić information content (AvgIpc) is 3.39. The van der Waals surface area contributed by atoms with E-state index in [9.17, 15) is 8.78 Å². The lowest BCUT2D eigenvalue weighted by Gasteiger charge is -2.22. The summed E-state index contributed by atoms with van der Waals surface area (Å²) in [5.74, 6) is 0. The molecule has 0 bridgehead atoms. The number of halogens is 2. The molecule has 0 saturated carbocycles. The van der Waals surface area contributed by atoms with E-state index in [0.29, 0.717) is 5.71 Å².